The van der Waals surface area contributed by atoms with Crippen LogP contribution >= 0.6 is 0 Å². The molecule has 4 heteroatoms. The lowest BCUT2D eigenvalue weighted by atomic mass is 10.0. The Labute approximate surface area is 121 Å². The number of nitrogens with one attached hydrogen (secondary N) is 1. The number of carbonyl (C=O) groups excluding carboxylic acids is 1. The van der Waals surface area contributed by atoms with Gasteiger partial charge >= 0.3 is 6.09 Å². The second kappa shape index (κ2) is 5.83. The third kappa shape index (κ3) is 3.73. The maximum absolute atomic E-state index is 12.4. The molecule has 1 aliphatic rings. The number of hydrogen-bond donors (Lipinski definition) is 1. The second-order valence-electron chi connectivity index (χ2n) is 6.37. The number of benzene rings is 1. The Hall–Kier alpha value is -1.55. The van der Waals surface area contributed by atoms with E-state index < -0.39 is 5.60 Å². The fraction of sp³-hybridized carbons (Fsp3) is 0.562. The van der Waals surface area contributed by atoms with Crippen LogP contribution in [0.1, 0.15) is 39.3 Å². The molecule has 0 unspecified atom stereocenters. The number of piperazine rings is 1. The zero-order valence-electron chi connectivity index (χ0n) is 12.7. The van der Waals surface area contributed by atoms with Gasteiger partial charge in [0.05, 0.1) is 6.04 Å². The first-order valence-corrected chi connectivity index (χ1v) is 7.15. The molecule has 1 N–H and O–H groups in total. The molecule has 2 rings (SSSR count). The van der Waals surface area contributed by atoms with E-state index in [0.717, 1.165) is 12.1 Å². The van der Waals surface area contributed by atoms with Crippen molar-refractivity contribution in [3.8, 4) is 0 Å². The zero-order valence-corrected chi connectivity index (χ0v) is 12.7. The third-order valence-electron chi connectivity index (χ3n) is 3.32. The largest absolute Gasteiger partial charge is 0.444 e. The molecule has 1 amide bonds. The van der Waals surface area contributed by atoms with E-state index in [0.29, 0.717) is 6.54 Å². The van der Waals surface area contributed by atoms with Crippen LogP contribution in [-0.2, 0) is 4.74 Å². The SMILES string of the molecule is C[C@H]1CN(C(=O)OC(C)(C)C)[C@H](c2ccccc2)CN1. The molecule has 0 spiro atoms. The van der Waals surface area contributed by atoms with Gasteiger partial charge in [0.1, 0.15) is 5.60 Å². The molecule has 110 valence electrons. The first-order valence-electron chi connectivity index (χ1n) is 7.15. The van der Waals surface area contributed by atoms with Gasteiger partial charge in [-0.15, -0.1) is 0 Å². The van der Waals surface area contributed by atoms with Crippen molar-refractivity contribution in [2.24, 2.45) is 0 Å². The van der Waals surface area contributed by atoms with E-state index in [9.17, 15) is 4.79 Å². The van der Waals surface area contributed by atoms with Crippen LogP contribution < -0.4 is 5.32 Å². The van der Waals surface area contributed by atoms with Crippen LogP contribution in [0.3, 0.4) is 0 Å². The predicted octanol–water partition coefficient (Wildman–Crippen LogP) is 2.96. The Morgan fingerprint density at radius 3 is 2.55 bits per heavy atom. The zero-order chi connectivity index (χ0) is 14.8. The second-order valence-corrected chi connectivity index (χ2v) is 6.37. The molecule has 1 heterocycles. The average Bonchev–Trinajstić information content (AvgIpc) is 2.37. The van der Waals surface area contributed by atoms with Crippen molar-refractivity contribution >= 4 is 6.09 Å². The summed E-state index contributed by atoms with van der Waals surface area (Å²) in [5.74, 6) is 0. The van der Waals surface area contributed by atoms with Gasteiger partial charge in [0.15, 0.2) is 0 Å². The van der Waals surface area contributed by atoms with Gasteiger partial charge in [0, 0.05) is 19.1 Å². The summed E-state index contributed by atoms with van der Waals surface area (Å²) in [6.45, 7) is 9.19. The topological polar surface area (TPSA) is 41.6 Å². The van der Waals surface area contributed by atoms with Gasteiger partial charge in [-0.2, -0.15) is 0 Å². The lowest BCUT2D eigenvalue weighted by molar-refractivity contribution is 0.00787. The molecule has 20 heavy (non-hydrogen) atoms. The Morgan fingerprint density at radius 2 is 1.95 bits per heavy atom. The molecule has 1 fully saturated rings. The Balaban J connectivity index is 2.19. The van der Waals surface area contributed by atoms with Gasteiger partial charge in [-0.25, -0.2) is 4.79 Å². The minimum atomic E-state index is -0.466. The fourth-order valence-electron chi connectivity index (χ4n) is 2.41. The molecule has 1 saturated heterocycles. The van der Waals surface area contributed by atoms with Gasteiger partial charge in [0.25, 0.3) is 0 Å². The predicted molar refractivity (Wildman–Crippen MR) is 79.6 cm³/mol. The molecule has 0 radical (unpaired) electrons. The van der Waals surface area contributed by atoms with Crippen LogP contribution in [0.15, 0.2) is 30.3 Å². The van der Waals surface area contributed by atoms with Gasteiger partial charge in [-0.05, 0) is 33.3 Å². The molecule has 1 aromatic rings. The summed E-state index contributed by atoms with van der Waals surface area (Å²) in [7, 11) is 0. The lowest BCUT2D eigenvalue weighted by Crippen LogP contribution is -2.54. The maximum atomic E-state index is 12.4. The minimum absolute atomic E-state index is 0.0299. The standard InChI is InChI=1S/C16H24N2O2/c1-12-11-18(15(19)20-16(2,3)4)14(10-17-12)13-8-6-5-7-9-13/h5-9,12,14,17H,10-11H2,1-4H3/t12-,14-/m0/s1. The molecule has 1 aliphatic heterocycles. The molecule has 0 aromatic heterocycles. The van der Waals surface area contributed by atoms with E-state index in [1.54, 1.807) is 0 Å². The van der Waals surface area contributed by atoms with E-state index in [4.69, 9.17) is 4.74 Å². The number of rotatable bonds is 1. The molecular formula is C16H24N2O2. The highest BCUT2D eigenvalue weighted by molar-refractivity contribution is 5.69. The Morgan fingerprint density at radius 1 is 1.30 bits per heavy atom. The Bertz CT molecular complexity index is 453. The average molecular weight is 276 g/mol. The van der Waals surface area contributed by atoms with E-state index in [2.05, 4.69) is 24.4 Å². The highest BCUT2D eigenvalue weighted by Gasteiger charge is 2.33. The molecule has 2 atom stereocenters. The summed E-state index contributed by atoms with van der Waals surface area (Å²) >= 11 is 0. The maximum Gasteiger partial charge on any atom is 0.410 e. The number of carbonyl (C=O) groups is 1. The van der Waals surface area contributed by atoms with E-state index in [1.165, 1.54) is 0 Å². The first kappa shape index (κ1) is 14.9. The summed E-state index contributed by atoms with van der Waals surface area (Å²) in [6, 6.07) is 10.4. The lowest BCUT2D eigenvalue weighted by Gasteiger charge is -2.40. The van der Waals surface area contributed by atoms with Gasteiger partial charge in [0.2, 0.25) is 0 Å². The van der Waals surface area contributed by atoms with Crippen molar-refractivity contribution in [2.75, 3.05) is 13.1 Å². The quantitative estimate of drug-likeness (QED) is 0.857. The van der Waals surface area contributed by atoms with Crippen molar-refractivity contribution < 1.29 is 9.53 Å². The van der Waals surface area contributed by atoms with Crippen LogP contribution in [0.25, 0.3) is 0 Å². The molecule has 0 saturated carbocycles. The van der Waals surface area contributed by atoms with Crippen molar-refractivity contribution in [3.05, 3.63) is 35.9 Å². The first-order chi connectivity index (χ1) is 9.37. The van der Waals surface area contributed by atoms with Crippen molar-refractivity contribution in [2.45, 2.75) is 45.4 Å². The number of ether oxygens (including phenoxy) is 1. The number of hydrogen-bond acceptors (Lipinski definition) is 3. The Kier molecular flexibility index (Phi) is 4.33. The summed E-state index contributed by atoms with van der Waals surface area (Å²) in [4.78, 5) is 14.3. The smallest absolute Gasteiger partial charge is 0.410 e. The van der Waals surface area contributed by atoms with Crippen LogP contribution in [0.4, 0.5) is 4.79 Å². The van der Waals surface area contributed by atoms with Crippen molar-refractivity contribution in [1.29, 1.82) is 0 Å². The normalized spacial score (nSPS) is 23.5. The van der Waals surface area contributed by atoms with E-state index in [-0.39, 0.29) is 18.2 Å². The highest BCUT2D eigenvalue weighted by Crippen LogP contribution is 2.25. The summed E-state index contributed by atoms with van der Waals surface area (Å²) in [5, 5.41) is 3.43. The summed E-state index contributed by atoms with van der Waals surface area (Å²) in [5.41, 5.74) is 0.671. The fourth-order valence-corrected chi connectivity index (χ4v) is 2.41. The van der Waals surface area contributed by atoms with E-state index in [1.807, 2.05) is 43.9 Å². The van der Waals surface area contributed by atoms with Crippen LogP contribution in [-0.4, -0.2) is 35.7 Å². The van der Waals surface area contributed by atoms with Crippen LogP contribution in [0.5, 0.6) is 0 Å². The number of amides is 1. The molecular weight excluding hydrogens is 252 g/mol. The van der Waals surface area contributed by atoms with Gasteiger partial charge < -0.3 is 10.1 Å². The van der Waals surface area contributed by atoms with Crippen LogP contribution in [0.2, 0.25) is 0 Å². The molecule has 0 aliphatic carbocycles. The van der Waals surface area contributed by atoms with Crippen LogP contribution in [0, 0.1) is 0 Å². The summed E-state index contributed by atoms with van der Waals surface area (Å²) < 4.78 is 5.54. The highest BCUT2D eigenvalue weighted by atomic mass is 16.6. The molecule has 1 aromatic carbocycles. The van der Waals surface area contributed by atoms with Gasteiger partial charge in [-0.3, -0.25) is 4.90 Å². The van der Waals surface area contributed by atoms with Crippen molar-refractivity contribution in [1.82, 2.24) is 10.2 Å². The third-order valence-corrected chi connectivity index (χ3v) is 3.32. The summed E-state index contributed by atoms with van der Waals surface area (Å²) in [6.07, 6.45) is -0.236. The monoisotopic (exact) mass is 276 g/mol. The minimum Gasteiger partial charge on any atom is -0.444 e. The number of nitrogens with zero attached hydrogens (tertiary/aromatic N) is 1. The molecule has 0 bridgehead atoms. The van der Waals surface area contributed by atoms with Crippen molar-refractivity contribution in [3.63, 3.8) is 0 Å². The van der Waals surface area contributed by atoms with Gasteiger partial charge in [-0.1, -0.05) is 30.3 Å². The van der Waals surface area contributed by atoms with E-state index >= 15 is 0 Å². The molecule has 4 nitrogen and oxygen atoms in total.